The van der Waals surface area contributed by atoms with Crippen molar-refractivity contribution in [1.29, 1.82) is 0 Å². The van der Waals surface area contributed by atoms with Gasteiger partial charge in [0.05, 0.1) is 6.42 Å². The maximum atomic E-state index is 13.1. The van der Waals surface area contributed by atoms with E-state index in [0.717, 1.165) is 44.5 Å². The number of nitrogens with zero attached hydrogens (tertiary/aromatic N) is 2. The molecule has 0 saturated carbocycles. The standard InChI is InChI=1S/C22H35N3O3S/c1-3-19(26)8-6-5-7-9-20(23-21(27)16-18-10-15-29-17-18)22(28)25-13-11-24(4-2)12-14-25/h10,15,17,20H,3-9,11-14,16H2,1-2H3,(H,23,27)/t20-/m0/s1. The first-order valence-corrected chi connectivity index (χ1v) is 11.8. The normalized spacial score (nSPS) is 15.9. The minimum atomic E-state index is -0.476. The van der Waals surface area contributed by atoms with Crippen molar-refractivity contribution in [3.05, 3.63) is 22.4 Å². The lowest BCUT2D eigenvalue weighted by Gasteiger charge is -2.36. The number of rotatable bonds is 12. The Bertz CT molecular complexity index is 640. The minimum Gasteiger partial charge on any atom is -0.344 e. The molecule has 1 aliphatic rings. The van der Waals surface area contributed by atoms with Gasteiger partial charge < -0.3 is 15.1 Å². The summed E-state index contributed by atoms with van der Waals surface area (Å²) in [5.41, 5.74) is 0.980. The molecule has 162 valence electrons. The highest BCUT2D eigenvalue weighted by Gasteiger charge is 2.28. The molecule has 0 aliphatic carbocycles. The summed E-state index contributed by atoms with van der Waals surface area (Å²) >= 11 is 1.57. The van der Waals surface area contributed by atoms with Crippen LogP contribution in [0.1, 0.15) is 57.9 Å². The number of unbranched alkanes of at least 4 members (excludes halogenated alkanes) is 2. The highest BCUT2D eigenvalue weighted by molar-refractivity contribution is 7.08. The Morgan fingerprint density at radius 3 is 2.48 bits per heavy atom. The number of carbonyl (C=O) groups is 3. The topological polar surface area (TPSA) is 69.7 Å². The smallest absolute Gasteiger partial charge is 0.245 e. The van der Waals surface area contributed by atoms with E-state index < -0.39 is 6.04 Å². The zero-order valence-electron chi connectivity index (χ0n) is 17.8. The lowest BCUT2D eigenvalue weighted by molar-refractivity contribution is -0.138. The second kappa shape index (κ2) is 12.8. The lowest BCUT2D eigenvalue weighted by Crippen LogP contribution is -2.55. The SMILES string of the molecule is CCC(=O)CCCCC[C@H](NC(=O)Cc1ccsc1)C(=O)N1CCN(CC)CC1. The molecule has 6 nitrogen and oxygen atoms in total. The van der Waals surface area contributed by atoms with E-state index in [-0.39, 0.29) is 17.6 Å². The zero-order chi connectivity index (χ0) is 21.1. The van der Waals surface area contributed by atoms with Gasteiger partial charge in [-0.2, -0.15) is 11.3 Å². The van der Waals surface area contributed by atoms with Crippen LogP contribution in [0.5, 0.6) is 0 Å². The molecule has 7 heteroatoms. The number of amides is 2. The number of piperazine rings is 1. The first kappa shape index (κ1) is 23.5. The molecule has 0 aromatic carbocycles. The summed E-state index contributed by atoms with van der Waals surface area (Å²) in [6, 6.07) is 1.46. The molecule has 1 aromatic rings. The number of thiophene rings is 1. The molecule has 2 heterocycles. The van der Waals surface area contributed by atoms with Crippen LogP contribution in [0.25, 0.3) is 0 Å². The molecule has 0 unspecified atom stereocenters. The fourth-order valence-corrected chi connectivity index (χ4v) is 4.28. The summed E-state index contributed by atoms with van der Waals surface area (Å²) in [5, 5.41) is 6.90. The summed E-state index contributed by atoms with van der Waals surface area (Å²) in [7, 11) is 0. The second-order valence-corrected chi connectivity index (χ2v) is 8.46. The van der Waals surface area contributed by atoms with Crippen LogP contribution in [0.4, 0.5) is 0 Å². The summed E-state index contributed by atoms with van der Waals surface area (Å²) in [5.74, 6) is 0.217. The Morgan fingerprint density at radius 2 is 1.86 bits per heavy atom. The molecule has 0 radical (unpaired) electrons. The zero-order valence-corrected chi connectivity index (χ0v) is 18.6. The Balaban J connectivity index is 1.88. The molecule has 2 amide bonds. The third-order valence-corrected chi connectivity index (χ3v) is 6.28. The van der Waals surface area contributed by atoms with Crippen molar-refractivity contribution in [2.45, 2.75) is 64.8 Å². The largest absolute Gasteiger partial charge is 0.344 e. The monoisotopic (exact) mass is 421 g/mol. The molecule has 29 heavy (non-hydrogen) atoms. The van der Waals surface area contributed by atoms with Crippen molar-refractivity contribution in [2.75, 3.05) is 32.7 Å². The fourth-order valence-electron chi connectivity index (χ4n) is 3.61. The van der Waals surface area contributed by atoms with Crippen molar-refractivity contribution in [3.63, 3.8) is 0 Å². The Labute approximate surface area is 178 Å². The number of Topliss-reactive ketones (excluding diaryl/α,β-unsaturated/α-hetero) is 1. The summed E-state index contributed by atoms with van der Waals surface area (Å²) in [4.78, 5) is 41.3. The first-order chi connectivity index (χ1) is 14.0. The van der Waals surface area contributed by atoms with Crippen LogP contribution in [0.2, 0.25) is 0 Å². The molecule has 1 aromatic heterocycles. The summed E-state index contributed by atoms with van der Waals surface area (Å²) in [6.07, 6.45) is 4.72. The van der Waals surface area contributed by atoms with E-state index >= 15 is 0 Å². The maximum absolute atomic E-state index is 13.1. The molecule has 1 atom stereocenters. The molecule has 0 spiro atoms. The van der Waals surface area contributed by atoms with Gasteiger partial charge in [0.2, 0.25) is 11.8 Å². The molecule has 2 rings (SSSR count). The van der Waals surface area contributed by atoms with Crippen LogP contribution in [0.15, 0.2) is 16.8 Å². The number of hydrogen-bond donors (Lipinski definition) is 1. The van der Waals surface area contributed by atoms with Gasteiger partial charge in [0.15, 0.2) is 0 Å². The third-order valence-electron chi connectivity index (χ3n) is 5.55. The fraction of sp³-hybridized carbons (Fsp3) is 0.682. The van der Waals surface area contributed by atoms with Gasteiger partial charge in [0.25, 0.3) is 0 Å². The molecular formula is C22H35N3O3S. The molecule has 0 bridgehead atoms. The van der Waals surface area contributed by atoms with Crippen LogP contribution in [-0.2, 0) is 20.8 Å². The Kier molecular flexibility index (Phi) is 10.4. The highest BCUT2D eigenvalue weighted by Crippen LogP contribution is 2.12. The minimum absolute atomic E-state index is 0.0315. The Hall–Kier alpha value is -1.73. The van der Waals surface area contributed by atoms with Gasteiger partial charge in [-0.1, -0.05) is 26.7 Å². The van der Waals surface area contributed by atoms with E-state index in [4.69, 9.17) is 0 Å². The number of nitrogens with one attached hydrogen (secondary N) is 1. The van der Waals surface area contributed by atoms with Gasteiger partial charge in [-0.3, -0.25) is 14.4 Å². The lowest BCUT2D eigenvalue weighted by atomic mass is 10.0. The number of likely N-dealkylation sites (N-methyl/N-ethyl adjacent to an activating group) is 1. The van der Waals surface area contributed by atoms with Crippen molar-refractivity contribution in [2.24, 2.45) is 0 Å². The second-order valence-electron chi connectivity index (χ2n) is 7.68. The first-order valence-electron chi connectivity index (χ1n) is 10.9. The summed E-state index contributed by atoms with van der Waals surface area (Å²) in [6.45, 7) is 8.23. The van der Waals surface area contributed by atoms with Crippen LogP contribution in [0, 0.1) is 0 Å². The molecule has 1 fully saturated rings. The van der Waals surface area contributed by atoms with E-state index in [1.165, 1.54) is 0 Å². The van der Waals surface area contributed by atoms with Crippen LogP contribution in [0.3, 0.4) is 0 Å². The predicted octanol–water partition coefficient (Wildman–Crippen LogP) is 2.87. The van der Waals surface area contributed by atoms with Gasteiger partial charge in [-0.15, -0.1) is 0 Å². The van der Waals surface area contributed by atoms with Gasteiger partial charge >= 0.3 is 0 Å². The van der Waals surface area contributed by atoms with Crippen LogP contribution in [-0.4, -0.2) is 66.2 Å². The van der Waals surface area contributed by atoms with Crippen LogP contribution < -0.4 is 5.32 Å². The van der Waals surface area contributed by atoms with Crippen LogP contribution >= 0.6 is 11.3 Å². The van der Waals surface area contributed by atoms with Crippen molar-refractivity contribution >= 4 is 28.9 Å². The molecule has 1 N–H and O–H groups in total. The number of carbonyl (C=O) groups excluding carboxylic acids is 3. The van der Waals surface area contributed by atoms with Crippen molar-refractivity contribution in [3.8, 4) is 0 Å². The van der Waals surface area contributed by atoms with Gasteiger partial charge in [-0.25, -0.2) is 0 Å². The number of hydrogen-bond acceptors (Lipinski definition) is 5. The quantitative estimate of drug-likeness (QED) is 0.527. The molecule has 1 aliphatic heterocycles. The summed E-state index contributed by atoms with van der Waals surface area (Å²) < 4.78 is 0. The molecule has 1 saturated heterocycles. The van der Waals surface area contributed by atoms with E-state index in [0.29, 0.717) is 38.8 Å². The predicted molar refractivity (Wildman–Crippen MR) is 117 cm³/mol. The van der Waals surface area contributed by atoms with Crippen molar-refractivity contribution in [1.82, 2.24) is 15.1 Å². The molecular weight excluding hydrogens is 386 g/mol. The average Bonchev–Trinajstić information content (AvgIpc) is 3.24. The van der Waals surface area contributed by atoms with Crippen molar-refractivity contribution < 1.29 is 14.4 Å². The van der Waals surface area contributed by atoms with Gasteiger partial charge in [-0.05, 0) is 41.8 Å². The average molecular weight is 422 g/mol. The third kappa shape index (κ3) is 8.26. The highest BCUT2D eigenvalue weighted by atomic mass is 32.1. The van der Waals surface area contributed by atoms with E-state index in [1.807, 2.05) is 28.7 Å². The van der Waals surface area contributed by atoms with Gasteiger partial charge in [0, 0.05) is 39.0 Å². The Morgan fingerprint density at radius 1 is 1.10 bits per heavy atom. The number of ketones is 1. The van der Waals surface area contributed by atoms with E-state index in [2.05, 4.69) is 17.1 Å². The maximum Gasteiger partial charge on any atom is 0.245 e. The van der Waals surface area contributed by atoms with Gasteiger partial charge in [0.1, 0.15) is 11.8 Å². The van der Waals surface area contributed by atoms with E-state index in [1.54, 1.807) is 11.3 Å². The van der Waals surface area contributed by atoms with E-state index in [9.17, 15) is 14.4 Å².